The van der Waals surface area contributed by atoms with Crippen LogP contribution in [-0.4, -0.2) is 39.2 Å². The fourth-order valence-corrected chi connectivity index (χ4v) is 4.44. The Kier molecular flexibility index (Phi) is 4.33. The monoisotopic (exact) mass is 314 g/mol. The summed E-state index contributed by atoms with van der Waals surface area (Å²) < 4.78 is 17.2. The molecule has 0 aromatic carbocycles. The van der Waals surface area contributed by atoms with Crippen LogP contribution in [0.5, 0.6) is 0 Å². The van der Waals surface area contributed by atoms with Gasteiger partial charge >= 0.3 is 5.97 Å². The zero-order valence-corrected chi connectivity index (χ0v) is 15.5. The van der Waals surface area contributed by atoms with E-state index in [1.54, 1.807) is 0 Å². The molecule has 0 unspecified atom stereocenters. The second kappa shape index (κ2) is 5.35. The molecule has 2 fully saturated rings. The lowest BCUT2D eigenvalue weighted by atomic mass is 9.77. The van der Waals surface area contributed by atoms with Crippen molar-refractivity contribution in [3.63, 3.8) is 0 Å². The Morgan fingerprint density at radius 1 is 1.33 bits per heavy atom. The van der Waals surface area contributed by atoms with Crippen molar-refractivity contribution in [2.24, 2.45) is 5.92 Å². The van der Waals surface area contributed by atoms with E-state index in [0.717, 1.165) is 12.8 Å². The van der Waals surface area contributed by atoms with E-state index < -0.39 is 8.32 Å². The van der Waals surface area contributed by atoms with Gasteiger partial charge in [-0.05, 0) is 31.5 Å². The number of carbonyl (C=O) groups excluding carboxylic acids is 1. The summed E-state index contributed by atoms with van der Waals surface area (Å²) in [6, 6.07) is 0. The second-order valence-corrected chi connectivity index (χ2v) is 13.0. The van der Waals surface area contributed by atoms with Crippen LogP contribution in [0.2, 0.25) is 18.1 Å². The molecule has 1 saturated carbocycles. The molecule has 0 bridgehead atoms. The summed E-state index contributed by atoms with van der Waals surface area (Å²) in [6.07, 6.45) is 2.74. The molecule has 1 aliphatic carbocycles. The Labute approximate surface area is 129 Å². The first-order chi connectivity index (χ1) is 9.49. The zero-order chi connectivity index (χ0) is 16.1. The van der Waals surface area contributed by atoms with Crippen LogP contribution in [0.4, 0.5) is 0 Å². The first kappa shape index (κ1) is 17.0. The topological polar surface area (TPSA) is 48.1 Å². The van der Waals surface area contributed by atoms with E-state index in [4.69, 9.17) is 13.9 Å². The third kappa shape index (κ3) is 3.35. The molecule has 2 aliphatic rings. The third-order valence-corrected chi connectivity index (χ3v) is 10.3. The quantitative estimate of drug-likeness (QED) is 0.452. The first-order valence-electron chi connectivity index (χ1n) is 7.92. The second-order valence-electron chi connectivity index (χ2n) is 8.24. The van der Waals surface area contributed by atoms with E-state index in [1.807, 2.05) is 0 Å². The van der Waals surface area contributed by atoms with Gasteiger partial charge in [0.15, 0.2) is 8.32 Å². The molecule has 0 radical (unpaired) electrons. The molecule has 0 amide bonds. The van der Waals surface area contributed by atoms with E-state index in [0.29, 0.717) is 6.42 Å². The van der Waals surface area contributed by atoms with E-state index in [2.05, 4.69) is 40.8 Å². The lowest BCUT2D eigenvalue weighted by Crippen LogP contribution is -2.47. The number of methoxy groups -OCH3 is 1. The lowest BCUT2D eigenvalue weighted by molar-refractivity contribution is -0.142. The van der Waals surface area contributed by atoms with Gasteiger partial charge in [0.25, 0.3) is 0 Å². The number of ether oxygens (including phenoxy) is 2. The van der Waals surface area contributed by atoms with Crippen molar-refractivity contribution in [3.8, 4) is 0 Å². The summed E-state index contributed by atoms with van der Waals surface area (Å²) in [5.74, 6) is 0.0573. The van der Waals surface area contributed by atoms with Gasteiger partial charge < -0.3 is 13.9 Å². The standard InChI is InChI=1S/C16H30O4Si/c1-15(2,3)21(6,7)20-12-8-11(9-14(17)18-5)16(4)13(10-12)19-16/h11-13H,8-10H2,1-7H3/t11-,12+,13-,16+/m0/s1. The van der Waals surface area contributed by atoms with Crippen LogP contribution >= 0.6 is 0 Å². The van der Waals surface area contributed by atoms with Gasteiger partial charge in [-0.25, -0.2) is 0 Å². The van der Waals surface area contributed by atoms with Crippen molar-refractivity contribution in [1.29, 1.82) is 0 Å². The van der Waals surface area contributed by atoms with Crippen LogP contribution in [-0.2, 0) is 18.7 Å². The molecule has 0 aromatic rings. The minimum absolute atomic E-state index is 0.137. The summed E-state index contributed by atoms with van der Waals surface area (Å²) in [4.78, 5) is 11.6. The predicted octanol–water partition coefficient (Wildman–Crippen LogP) is 3.51. The lowest BCUT2D eigenvalue weighted by Gasteiger charge is -2.41. The van der Waals surface area contributed by atoms with Gasteiger partial charge in [0.05, 0.1) is 25.2 Å². The summed E-state index contributed by atoms with van der Waals surface area (Å²) >= 11 is 0. The van der Waals surface area contributed by atoms with Crippen LogP contribution < -0.4 is 0 Å². The molecule has 1 saturated heterocycles. The van der Waals surface area contributed by atoms with Gasteiger partial charge in [0.2, 0.25) is 0 Å². The molecule has 21 heavy (non-hydrogen) atoms. The summed E-state index contributed by atoms with van der Waals surface area (Å²) in [5, 5.41) is 0.204. The Morgan fingerprint density at radius 2 is 1.95 bits per heavy atom. The highest BCUT2D eigenvalue weighted by molar-refractivity contribution is 6.74. The Balaban J connectivity index is 2.03. The summed E-state index contributed by atoms with van der Waals surface area (Å²) in [7, 11) is -0.331. The average molecular weight is 314 g/mol. The Morgan fingerprint density at radius 3 is 2.48 bits per heavy atom. The molecular weight excluding hydrogens is 284 g/mol. The molecular formula is C16H30O4Si. The number of hydrogen-bond acceptors (Lipinski definition) is 4. The number of rotatable bonds is 4. The van der Waals surface area contributed by atoms with Crippen LogP contribution in [0.3, 0.4) is 0 Å². The average Bonchev–Trinajstić information content (AvgIpc) is 2.99. The van der Waals surface area contributed by atoms with Crippen LogP contribution in [0.25, 0.3) is 0 Å². The predicted molar refractivity (Wildman–Crippen MR) is 84.7 cm³/mol. The minimum Gasteiger partial charge on any atom is -0.469 e. The number of carbonyl (C=O) groups is 1. The van der Waals surface area contributed by atoms with E-state index >= 15 is 0 Å². The van der Waals surface area contributed by atoms with Crippen LogP contribution in [0, 0.1) is 5.92 Å². The van der Waals surface area contributed by atoms with Crippen molar-refractivity contribution in [3.05, 3.63) is 0 Å². The van der Waals surface area contributed by atoms with Crippen LogP contribution in [0.15, 0.2) is 0 Å². The van der Waals surface area contributed by atoms with Gasteiger partial charge in [-0.1, -0.05) is 20.8 Å². The van der Waals surface area contributed by atoms with Crippen molar-refractivity contribution >= 4 is 14.3 Å². The third-order valence-electron chi connectivity index (χ3n) is 5.72. The molecule has 0 aromatic heterocycles. The molecule has 4 nitrogen and oxygen atoms in total. The molecule has 4 atom stereocenters. The highest BCUT2D eigenvalue weighted by Crippen LogP contribution is 2.53. The number of fused-ring (bicyclic) bond motifs is 1. The minimum atomic E-state index is -1.78. The van der Waals surface area contributed by atoms with Crippen LogP contribution in [0.1, 0.15) is 47.0 Å². The van der Waals surface area contributed by atoms with Crippen molar-refractivity contribution in [2.75, 3.05) is 7.11 Å². The van der Waals surface area contributed by atoms with Gasteiger partial charge in [-0.3, -0.25) is 4.79 Å². The highest BCUT2D eigenvalue weighted by Gasteiger charge is 2.62. The highest BCUT2D eigenvalue weighted by atomic mass is 28.4. The normalized spacial score (nSPS) is 36.0. The number of esters is 1. The Bertz CT molecular complexity index is 415. The maximum atomic E-state index is 11.6. The molecule has 1 aliphatic heterocycles. The zero-order valence-electron chi connectivity index (χ0n) is 14.5. The number of epoxide rings is 1. The van der Waals surface area contributed by atoms with E-state index in [-0.39, 0.29) is 34.7 Å². The van der Waals surface area contributed by atoms with E-state index in [9.17, 15) is 4.79 Å². The van der Waals surface area contributed by atoms with E-state index in [1.165, 1.54) is 7.11 Å². The molecule has 0 spiro atoms. The summed E-state index contributed by atoms with van der Waals surface area (Å²) in [5.41, 5.74) is -0.137. The van der Waals surface area contributed by atoms with Gasteiger partial charge in [-0.2, -0.15) is 0 Å². The summed E-state index contributed by atoms with van der Waals surface area (Å²) in [6.45, 7) is 13.4. The SMILES string of the molecule is COC(=O)C[C@@H]1C[C@@H](O[Si](C)(C)C(C)(C)C)C[C@@H]2O[C@]12C. The largest absolute Gasteiger partial charge is 0.469 e. The smallest absolute Gasteiger partial charge is 0.305 e. The maximum Gasteiger partial charge on any atom is 0.305 e. The Hall–Kier alpha value is -0.393. The van der Waals surface area contributed by atoms with Crippen molar-refractivity contribution in [1.82, 2.24) is 0 Å². The molecule has 2 rings (SSSR count). The first-order valence-corrected chi connectivity index (χ1v) is 10.8. The molecule has 122 valence electrons. The van der Waals surface area contributed by atoms with Gasteiger partial charge in [-0.15, -0.1) is 0 Å². The number of hydrogen-bond donors (Lipinski definition) is 0. The molecule has 5 heteroatoms. The fraction of sp³-hybridized carbons (Fsp3) is 0.938. The van der Waals surface area contributed by atoms with Crippen molar-refractivity contribution < 1.29 is 18.7 Å². The van der Waals surface area contributed by atoms with Crippen molar-refractivity contribution in [2.45, 2.75) is 82.9 Å². The van der Waals surface area contributed by atoms with Gasteiger partial charge in [0.1, 0.15) is 0 Å². The molecule has 1 heterocycles. The maximum absolute atomic E-state index is 11.6. The fourth-order valence-electron chi connectivity index (χ4n) is 3.06. The molecule has 0 N–H and O–H groups in total. The van der Waals surface area contributed by atoms with Gasteiger partial charge in [0, 0.05) is 18.4 Å².